The van der Waals surface area contributed by atoms with Crippen molar-refractivity contribution in [2.24, 2.45) is 10.8 Å². The van der Waals surface area contributed by atoms with E-state index >= 15 is 0 Å². The zero-order valence-electron chi connectivity index (χ0n) is 13.2. The molecule has 1 atom stereocenters. The Bertz CT molecular complexity index is 808. The van der Waals surface area contributed by atoms with Crippen LogP contribution in [-0.4, -0.2) is 28.6 Å². The van der Waals surface area contributed by atoms with Gasteiger partial charge in [0.2, 0.25) is 5.91 Å². The van der Waals surface area contributed by atoms with E-state index in [0.717, 1.165) is 5.56 Å². The van der Waals surface area contributed by atoms with Gasteiger partial charge in [-0.15, -0.1) is 0 Å². The van der Waals surface area contributed by atoms with Gasteiger partial charge in [-0.1, -0.05) is 6.07 Å². The van der Waals surface area contributed by atoms with Crippen LogP contribution < -0.4 is 16.1 Å². The van der Waals surface area contributed by atoms with E-state index in [-0.39, 0.29) is 18.0 Å². The van der Waals surface area contributed by atoms with Crippen LogP contribution in [0.3, 0.4) is 0 Å². The van der Waals surface area contributed by atoms with Crippen LogP contribution in [0.25, 0.3) is 0 Å². The molecular formula is C17H16FN5O2. The molecule has 0 saturated carbocycles. The fourth-order valence-corrected chi connectivity index (χ4v) is 2.49. The highest BCUT2D eigenvalue weighted by Crippen LogP contribution is 2.24. The number of anilines is 1. The molecule has 8 heteroatoms. The van der Waals surface area contributed by atoms with Crippen molar-refractivity contribution in [3.8, 4) is 0 Å². The van der Waals surface area contributed by atoms with Crippen LogP contribution in [0.15, 0.2) is 53.9 Å². The van der Waals surface area contributed by atoms with Crippen molar-refractivity contribution in [1.82, 2.24) is 10.3 Å². The van der Waals surface area contributed by atoms with Crippen LogP contribution in [0.5, 0.6) is 0 Å². The second-order valence-electron chi connectivity index (χ2n) is 5.53. The fraction of sp³-hybridized carbons (Fsp3) is 0.176. The van der Waals surface area contributed by atoms with Crippen LogP contribution in [0.1, 0.15) is 12.0 Å². The number of benzene rings is 1. The third kappa shape index (κ3) is 3.79. The lowest BCUT2D eigenvalue weighted by Crippen LogP contribution is -2.39. The van der Waals surface area contributed by atoms with Crippen molar-refractivity contribution < 1.29 is 14.0 Å². The van der Waals surface area contributed by atoms with Gasteiger partial charge in [-0.25, -0.2) is 4.39 Å². The fourth-order valence-electron chi connectivity index (χ4n) is 2.49. The smallest absolute Gasteiger partial charge is 0.267 e. The Kier molecular flexibility index (Phi) is 4.69. The molecule has 0 radical (unpaired) electrons. The van der Waals surface area contributed by atoms with E-state index in [1.165, 1.54) is 29.3 Å². The second kappa shape index (κ2) is 7.08. The van der Waals surface area contributed by atoms with E-state index in [2.05, 4.69) is 15.4 Å². The number of nitrogens with one attached hydrogen (secondary N) is 1. The lowest BCUT2D eigenvalue weighted by molar-refractivity contribution is -0.119. The van der Waals surface area contributed by atoms with Crippen LogP contribution in [-0.2, 0) is 16.1 Å². The minimum absolute atomic E-state index is 0.0889. The molecule has 128 valence electrons. The van der Waals surface area contributed by atoms with Gasteiger partial charge >= 0.3 is 0 Å². The van der Waals surface area contributed by atoms with E-state index in [4.69, 9.17) is 5.73 Å². The standard InChI is InChI=1S/C17H16FN5O2/c18-12-3-5-13(6-4-12)23-15(16(19)24)8-14(22-23)17(25)21-10-11-2-1-7-20-9-11/h1-7,9,15H,8,10H2,(H2,19,24)(H,21,25)/t15-/m1/s1. The van der Waals surface area contributed by atoms with Crippen molar-refractivity contribution >= 4 is 23.2 Å². The molecule has 1 aromatic heterocycles. The number of carbonyl (C=O) groups is 2. The monoisotopic (exact) mass is 341 g/mol. The van der Waals surface area contributed by atoms with Crippen molar-refractivity contribution in [2.75, 3.05) is 5.01 Å². The Balaban J connectivity index is 1.74. The van der Waals surface area contributed by atoms with Gasteiger partial charge in [0.15, 0.2) is 0 Å². The molecule has 0 bridgehead atoms. The van der Waals surface area contributed by atoms with E-state index in [9.17, 15) is 14.0 Å². The average Bonchev–Trinajstić information content (AvgIpc) is 3.07. The number of pyridine rings is 1. The van der Waals surface area contributed by atoms with Crippen molar-refractivity contribution in [3.05, 3.63) is 60.2 Å². The number of aromatic nitrogens is 1. The molecule has 3 rings (SSSR count). The van der Waals surface area contributed by atoms with Gasteiger partial charge in [0, 0.05) is 25.4 Å². The third-order valence-corrected chi connectivity index (χ3v) is 3.77. The Morgan fingerprint density at radius 1 is 1.28 bits per heavy atom. The summed E-state index contributed by atoms with van der Waals surface area (Å²) in [6, 6.07) is 8.28. The summed E-state index contributed by atoms with van der Waals surface area (Å²) in [6.07, 6.45) is 3.38. The summed E-state index contributed by atoms with van der Waals surface area (Å²) in [6.45, 7) is 0.295. The molecule has 1 aromatic carbocycles. The van der Waals surface area contributed by atoms with Crippen LogP contribution in [0, 0.1) is 5.82 Å². The topological polar surface area (TPSA) is 101 Å². The molecule has 0 fully saturated rings. The van der Waals surface area contributed by atoms with Gasteiger partial charge < -0.3 is 11.1 Å². The molecule has 1 aliphatic heterocycles. The minimum atomic E-state index is -0.787. The molecular weight excluding hydrogens is 325 g/mol. The number of halogens is 1. The lowest BCUT2D eigenvalue weighted by Gasteiger charge is -2.20. The summed E-state index contributed by atoms with van der Waals surface area (Å²) in [7, 11) is 0. The van der Waals surface area contributed by atoms with Gasteiger partial charge in [-0.05, 0) is 35.9 Å². The number of hydrogen-bond donors (Lipinski definition) is 2. The largest absolute Gasteiger partial charge is 0.368 e. The summed E-state index contributed by atoms with van der Waals surface area (Å²) in [5.41, 5.74) is 6.94. The van der Waals surface area contributed by atoms with Gasteiger partial charge in [-0.3, -0.25) is 19.6 Å². The molecule has 0 saturated heterocycles. The Morgan fingerprint density at radius 3 is 2.68 bits per heavy atom. The minimum Gasteiger partial charge on any atom is -0.368 e. The average molecular weight is 341 g/mol. The van der Waals surface area contributed by atoms with Crippen molar-refractivity contribution in [2.45, 2.75) is 19.0 Å². The first-order chi connectivity index (χ1) is 12.0. The maximum Gasteiger partial charge on any atom is 0.267 e. The highest BCUT2D eigenvalue weighted by molar-refractivity contribution is 6.40. The Morgan fingerprint density at radius 2 is 2.04 bits per heavy atom. The Labute approximate surface area is 143 Å². The lowest BCUT2D eigenvalue weighted by atomic mass is 10.1. The molecule has 1 aliphatic rings. The molecule has 7 nitrogen and oxygen atoms in total. The first-order valence-electron chi connectivity index (χ1n) is 7.63. The predicted octanol–water partition coefficient (Wildman–Crippen LogP) is 0.957. The summed E-state index contributed by atoms with van der Waals surface area (Å²) in [5.74, 6) is -1.40. The summed E-state index contributed by atoms with van der Waals surface area (Å²) in [4.78, 5) is 28.0. The molecule has 3 N–H and O–H groups in total. The number of nitrogens with zero attached hydrogens (tertiary/aromatic N) is 3. The maximum absolute atomic E-state index is 13.1. The van der Waals surface area contributed by atoms with Crippen molar-refractivity contribution in [1.29, 1.82) is 0 Å². The number of nitrogens with two attached hydrogens (primary N) is 1. The normalized spacial score (nSPS) is 16.4. The van der Waals surface area contributed by atoms with Gasteiger partial charge in [-0.2, -0.15) is 5.10 Å². The zero-order valence-corrected chi connectivity index (χ0v) is 13.2. The molecule has 2 amide bonds. The zero-order chi connectivity index (χ0) is 17.8. The molecule has 25 heavy (non-hydrogen) atoms. The number of amides is 2. The van der Waals surface area contributed by atoms with Crippen LogP contribution in [0.2, 0.25) is 0 Å². The highest BCUT2D eigenvalue weighted by Gasteiger charge is 2.34. The molecule has 0 aliphatic carbocycles. The van der Waals surface area contributed by atoms with Gasteiger partial charge in [0.1, 0.15) is 17.6 Å². The van der Waals surface area contributed by atoms with Gasteiger partial charge in [0.05, 0.1) is 5.69 Å². The number of hydrogen-bond acceptors (Lipinski definition) is 5. The summed E-state index contributed by atoms with van der Waals surface area (Å²) < 4.78 is 13.1. The number of carbonyl (C=O) groups excluding carboxylic acids is 2. The number of rotatable bonds is 5. The van der Waals surface area contributed by atoms with Crippen molar-refractivity contribution in [3.63, 3.8) is 0 Å². The first-order valence-corrected chi connectivity index (χ1v) is 7.63. The SMILES string of the molecule is NC(=O)[C@H]1CC(C(=O)NCc2cccnc2)=NN1c1ccc(F)cc1. The Hall–Kier alpha value is -3.29. The first kappa shape index (κ1) is 16.6. The van der Waals surface area contributed by atoms with Gasteiger partial charge in [0.25, 0.3) is 5.91 Å². The summed E-state index contributed by atoms with van der Waals surface area (Å²) in [5, 5.41) is 8.28. The highest BCUT2D eigenvalue weighted by atomic mass is 19.1. The van der Waals surface area contributed by atoms with Crippen LogP contribution in [0.4, 0.5) is 10.1 Å². The molecule has 0 spiro atoms. The molecule has 2 heterocycles. The van der Waals surface area contributed by atoms with E-state index < -0.39 is 17.8 Å². The van der Waals surface area contributed by atoms with E-state index in [1.54, 1.807) is 18.5 Å². The predicted molar refractivity (Wildman–Crippen MR) is 90.0 cm³/mol. The molecule has 2 aromatic rings. The van der Waals surface area contributed by atoms with E-state index in [1.807, 2.05) is 6.07 Å². The maximum atomic E-state index is 13.1. The van der Waals surface area contributed by atoms with E-state index in [0.29, 0.717) is 12.2 Å². The second-order valence-corrected chi connectivity index (χ2v) is 5.53. The number of primary amides is 1. The number of hydrazone groups is 1. The molecule has 0 unspecified atom stereocenters. The van der Waals surface area contributed by atoms with Crippen LogP contribution >= 0.6 is 0 Å². The quantitative estimate of drug-likeness (QED) is 0.846. The third-order valence-electron chi connectivity index (χ3n) is 3.77. The summed E-state index contributed by atoms with van der Waals surface area (Å²) >= 11 is 0.